The molecule has 2 rings (SSSR count). The number of halogens is 1. The monoisotopic (exact) mass is 341 g/mol. The van der Waals surface area contributed by atoms with E-state index in [0.29, 0.717) is 10.9 Å². The highest BCUT2D eigenvalue weighted by molar-refractivity contribution is 9.10. The highest BCUT2D eigenvalue weighted by Gasteiger charge is 2.07. The largest absolute Gasteiger partial charge is 0.484 e. The number of aryl methyl sites for hydroxylation is 2. The van der Waals surface area contributed by atoms with E-state index < -0.39 is 0 Å². The SMILES string of the molecule is Cc1nnc(NC(=O)COc2ccc(Br)c(C)c2)s1. The lowest BCUT2D eigenvalue weighted by molar-refractivity contribution is -0.118. The van der Waals surface area contributed by atoms with Crippen molar-refractivity contribution in [3.63, 3.8) is 0 Å². The summed E-state index contributed by atoms with van der Waals surface area (Å²) in [5.41, 5.74) is 1.05. The lowest BCUT2D eigenvalue weighted by Gasteiger charge is -2.07. The number of aromatic nitrogens is 2. The van der Waals surface area contributed by atoms with E-state index in [2.05, 4.69) is 31.4 Å². The lowest BCUT2D eigenvalue weighted by atomic mass is 10.2. The summed E-state index contributed by atoms with van der Waals surface area (Å²) in [6.45, 7) is 3.73. The number of nitrogens with one attached hydrogen (secondary N) is 1. The number of hydrogen-bond acceptors (Lipinski definition) is 5. The molecule has 0 bridgehead atoms. The summed E-state index contributed by atoms with van der Waals surface area (Å²) in [7, 11) is 0. The Kier molecular flexibility index (Phi) is 4.49. The molecule has 1 aromatic carbocycles. The summed E-state index contributed by atoms with van der Waals surface area (Å²) in [4.78, 5) is 11.6. The van der Waals surface area contributed by atoms with Gasteiger partial charge in [0.2, 0.25) is 5.13 Å². The number of nitrogens with zero attached hydrogens (tertiary/aromatic N) is 2. The number of amides is 1. The zero-order valence-corrected chi connectivity index (χ0v) is 12.8. The number of carbonyl (C=O) groups is 1. The molecule has 1 amide bonds. The first-order valence-corrected chi connectivity index (χ1v) is 7.14. The van der Waals surface area contributed by atoms with Crippen molar-refractivity contribution in [2.24, 2.45) is 0 Å². The number of ether oxygens (including phenoxy) is 1. The Balaban J connectivity index is 1.88. The van der Waals surface area contributed by atoms with E-state index >= 15 is 0 Å². The Hall–Kier alpha value is -1.47. The molecular weight excluding hydrogens is 330 g/mol. The van der Waals surface area contributed by atoms with Gasteiger partial charge in [-0.3, -0.25) is 10.1 Å². The Bertz CT molecular complexity index is 600. The molecule has 0 fully saturated rings. The Morgan fingerprint density at radius 3 is 2.84 bits per heavy atom. The quantitative estimate of drug-likeness (QED) is 0.928. The normalized spacial score (nSPS) is 10.3. The van der Waals surface area contributed by atoms with E-state index in [-0.39, 0.29) is 12.5 Å². The summed E-state index contributed by atoms with van der Waals surface area (Å²) < 4.78 is 6.41. The van der Waals surface area contributed by atoms with E-state index in [1.54, 1.807) is 6.07 Å². The van der Waals surface area contributed by atoms with Gasteiger partial charge in [-0.15, -0.1) is 10.2 Å². The minimum Gasteiger partial charge on any atom is -0.484 e. The van der Waals surface area contributed by atoms with Crippen molar-refractivity contribution < 1.29 is 9.53 Å². The predicted molar refractivity (Wildman–Crippen MR) is 77.6 cm³/mol. The van der Waals surface area contributed by atoms with Gasteiger partial charge >= 0.3 is 0 Å². The molecule has 0 aliphatic heterocycles. The Morgan fingerprint density at radius 1 is 1.42 bits per heavy atom. The van der Waals surface area contributed by atoms with Crippen molar-refractivity contribution in [3.8, 4) is 5.75 Å². The summed E-state index contributed by atoms with van der Waals surface area (Å²) in [5, 5.41) is 11.5. The van der Waals surface area contributed by atoms with E-state index in [0.717, 1.165) is 15.0 Å². The molecule has 0 unspecified atom stereocenters. The third-order valence-electron chi connectivity index (χ3n) is 2.27. The van der Waals surface area contributed by atoms with E-state index in [1.807, 2.05) is 26.0 Å². The van der Waals surface area contributed by atoms with E-state index in [1.165, 1.54) is 11.3 Å². The van der Waals surface area contributed by atoms with Crippen LogP contribution in [0.25, 0.3) is 0 Å². The van der Waals surface area contributed by atoms with Crippen LogP contribution < -0.4 is 10.1 Å². The standard InChI is InChI=1S/C12H12BrN3O2S/c1-7-5-9(3-4-10(7)13)18-6-11(17)14-12-16-15-8(2)19-12/h3-5H,6H2,1-2H3,(H,14,16,17). The molecule has 2 aromatic rings. The Labute approximate surface area is 123 Å². The number of anilines is 1. The van der Waals surface area contributed by atoms with Gasteiger partial charge in [0, 0.05) is 4.47 Å². The van der Waals surface area contributed by atoms with Gasteiger partial charge in [0.1, 0.15) is 10.8 Å². The molecular formula is C12H12BrN3O2S. The highest BCUT2D eigenvalue weighted by Crippen LogP contribution is 2.21. The van der Waals surface area contributed by atoms with E-state index in [9.17, 15) is 4.79 Å². The van der Waals surface area contributed by atoms with Crippen LogP contribution in [-0.2, 0) is 4.79 Å². The third kappa shape index (κ3) is 4.00. The molecule has 0 saturated carbocycles. The van der Waals surface area contributed by atoms with E-state index in [4.69, 9.17) is 4.74 Å². The molecule has 7 heteroatoms. The minimum absolute atomic E-state index is 0.0559. The smallest absolute Gasteiger partial charge is 0.264 e. The van der Waals surface area contributed by atoms with Crippen LogP contribution in [0.2, 0.25) is 0 Å². The summed E-state index contributed by atoms with van der Waals surface area (Å²) in [5.74, 6) is 0.404. The van der Waals surface area contributed by atoms with Crippen LogP contribution in [0, 0.1) is 13.8 Å². The van der Waals surface area contributed by atoms with Crippen LogP contribution in [0.4, 0.5) is 5.13 Å². The zero-order chi connectivity index (χ0) is 13.8. The van der Waals surface area contributed by atoms with Crippen LogP contribution in [0.15, 0.2) is 22.7 Å². The number of carbonyl (C=O) groups excluding carboxylic acids is 1. The van der Waals surface area contributed by atoms with Gasteiger partial charge in [-0.05, 0) is 37.6 Å². The second-order valence-corrected chi connectivity index (χ2v) is 5.91. The van der Waals surface area contributed by atoms with Crippen molar-refractivity contribution in [2.75, 3.05) is 11.9 Å². The summed E-state index contributed by atoms with van der Waals surface area (Å²) in [6, 6.07) is 5.56. The van der Waals surface area contributed by atoms with Gasteiger partial charge in [0.25, 0.3) is 5.91 Å². The topological polar surface area (TPSA) is 64.1 Å². The van der Waals surface area contributed by atoms with Gasteiger partial charge in [-0.1, -0.05) is 27.3 Å². The molecule has 0 aliphatic carbocycles. The fourth-order valence-electron chi connectivity index (χ4n) is 1.36. The summed E-state index contributed by atoms with van der Waals surface area (Å²) >= 11 is 4.73. The second-order valence-electron chi connectivity index (χ2n) is 3.87. The van der Waals surface area contributed by atoms with Crippen molar-refractivity contribution in [2.45, 2.75) is 13.8 Å². The molecule has 1 N–H and O–H groups in total. The second kappa shape index (κ2) is 6.12. The predicted octanol–water partition coefficient (Wildman–Crippen LogP) is 2.93. The first-order valence-electron chi connectivity index (χ1n) is 5.53. The van der Waals surface area contributed by atoms with Gasteiger partial charge in [-0.25, -0.2) is 0 Å². The number of hydrogen-bond donors (Lipinski definition) is 1. The van der Waals surface area contributed by atoms with Crippen LogP contribution in [-0.4, -0.2) is 22.7 Å². The zero-order valence-electron chi connectivity index (χ0n) is 10.4. The molecule has 0 spiro atoms. The van der Waals surface area contributed by atoms with Gasteiger partial charge in [0.15, 0.2) is 6.61 Å². The molecule has 0 saturated heterocycles. The highest BCUT2D eigenvalue weighted by atomic mass is 79.9. The molecule has 19 heavy (non-hydrogen) atoms. The number of benzene rings is 1. The average molecular weight is 342 g/mol. The molecule has 1 aromatic heterocycles. The molecule has 5 nitrogen and oxygen atoms in total. The van der Waals surface area contributed by atoms with Crippen molar-refractivity contribution in [1.29, 1.82) is 0 Å². The third-order valence-corrected chi connectivity index (χ3v) is 3.92. The fourth-order valence-corrected chi connectivity index (χ4v) is 2.21. The maximum absolute atomic E-state index is 11.6. The molecule has 1 heterocycles. The van der Waals surface area contributed by atoms with Crippen molar-refractivity contribution in [3.05, 3.63) is 33.2 Å². The molecule has 0 atom stereocenters. The molecule has 100 valence electrons. The number of rotatable bonds is 4. The van der Waals surface area contributed by atoms with Crippen LogP contribution in [0.3, 0.4) is 0 Å². The first-order chi connectivity index (χ1) is 9.04. The maximum Gasteiger partial charge on any atom is 0.264 e. The van der Waals surface area contributed by atoms with Crippen molar-refractivity contribution >= 4 is 38.3 Å². The van der Waals surface area contributed by atoms with Gasteiger partial charge in [-0.2, -0.15) is 0 Å². The first kappa shape index (κ1) is 14.0. The Morgan fingerprint density at radius 2 is 2.21 bits per heavy atom. The minimum atomic E-state index is -0.253. The lowest BCUT2D eigenvalue weighted by Crippen LogP contribution is -2.20. The van der Waals surface area contributed by atoms with Crippen LogP contribution in [0.5, 0.6) is 5.75 Å². The van der Waals surface area contributed by atoms with Crippen LogP contribution in [0.1, 0.15) is 10.6 Å². The van der Waals surface area contributed by atoms with Gasteiger partial charge in [0.05, 0.1) is 0 Å². The molecule has 0 radical (unpaired) electrons. The molecule has 0 aliphatic rings. The van der Waals surface area contributed by atoms with Crippen molar-refractivity contribution in [1.82, 2.24) is 10.2 Å². The van der Waals surface area contributed by atoms with Crippen LogP contribution >= 0.6 is 27.3 Å². The van der Waals surface area contributed by atoms with Gasteiger partial charge < -0.3 is 4.74 Å². The summed E-state index contributed by atoms with van der Waals surface area (Å²) in [6.07, 6.45) is 0. The average Bonchev–Trinajstić information content (AvgIpc) is 2.76. The maximum atomic E-state index is 11.6. The fraction of sp³-hybridized carbons (Fsp3) is 0.250.